The fraction of sp³-hybridized carbons (Fsp3) is 0.458. The number of nitrogens with zero attached hydrogens (tertiary/aromatic N) is 1. The predicted octanol–water partition coefficient (Wildman–Crippen LogP) is 3.12. The van der Waals surface area contributed by atoms with Gasteiger partial charge in [-0.25, -0.2) is 0 Å². The van der Waals surface area contributed by atoms with E-state index in [0.717, 1.165) is 31.9 Å². The molecule has 0 radical (unpaired) electrons. The Morgan fingerprint density at radius 1 is 1.00 bits per heavy atom. The van der Waals surface area contributed by atoms with Gasteiger partial charge in [-0.15, -0.1) is 0 Å². The number of likely N-dealkylation sites (N-methyl/N-ethyl adjacent to an activating group) is 1. The molecule has 2 aromatic rings. The lowest BCUT2D eigenvalue weighted by atomic mass is 10.1. The van der Waals surface area contributed by atoms with Crippen LogP contribution in [-0.2, 0) is 0 Å². The quantitative estimate of drug-likeness (QED) is 0.599. The van der Waals surface area contributed by atoms with Gasteiger partial charge in [-0.05, 0) is 51.1 Å². The predicted molar refractivity (Wildman–Crippen MR) is 128 cm³/mol. The molecular weight excluding hydrogens is 430 g/mol. The zero-order chi connectivity index (χ0) is 23.1. The number of hydrogen-bond donors (Lipinski definition) is 2. The largest absolute Gasteiger partial charge is 0.490 e. The smallest absolute Gasteiger partial charge is 0.255 e. The summed E-state index contributed by atoms with van der Waals surface area (Å²) in [5.74, 6) is 1.20. The molecule has 32 heavy (non-hydrogen) atoms. The Bertz CT molecular complexity index is 902. The highest BCUT2D eigenvalue weighted by atomic mass is 35.5. The number of amides is 1. The molecule has 1 amide bonds. The molecule has 0 saturated carbocycles. The summed E-state index contributed by atoms with van der Waals surface area (Å²) in [7, 11) is 2.20. The second kappa shape index (κ2) is 11.3. The Morgan fingerprint density at radius 2 is 1.59 bits per heavy atom. The number of carbonyl (C=O) groups is 1. The monoisotopic (exact) mass is 462 g/mol. The van der Waals surface area contributed by atoms with Crippen molar-refractivity contribution < 1.29 is 23.9 Å². The van der Waals surface area contributed by atoms with Crippen LogP contribution in [0.25, 0.3) is 0 Å². The van der Waals surface area contributed by atoms with Crippen molar-refractivity contribution >= 4 is 28.9 Å². The maximum atomic E-state index is 13.0. The van der Waals surface area contributed by atoms with Crippen LogP contribution in [0.1, 0.15) is 31.1 Å². The molecule has 0 aromatic heterocycles. The van der Waals surface area contributed by atoms with E-state index in [4.69, 9.17) is 25.8 Å². The van der Waals surface area contributed by atoms with E-state index in [1.54, 1.807) is 18.2 Å². The second-order valence-electron chi connectivity index (χ2n) is 7.67. The van der Waals surface area contributed by atoms with Crippen LogP contribution in [0, 0.1) is 0 Å². The molecule has 0 unspecified atom stereocenters. The summed E-state index contributed by atoms with van der Waals surface area (Å²) in [6, 6.07) is 8.99. The van der Waals surface area contributed by atoms with E-state index in [1.165, 1.54) is 4.90 Å². The van der Waals surface area contributed by atoms with Crippen LogP contribution in [0.4, 0.5) is 11.4 Å². The Hall–Kier alpha value is -2.64. The molecule has 0 aliphatic carbocycles. The van der Waals surface area contributed by atoms with Gasteiger partial charge in [-0.2, -0.15) is 0 Å². The summed E-state index contributed by atoms with van der Waals surface area (Å²) in [5, 5.41) is 3.55. The topological polar surface area (TPSA) is 64.5 Å². The van der Waals surface area contributed by atoms with Gasteiger partial charge in [-0.3, -0.25) is 4.79 Å². The number of benzene rings is 2. The first-order valence-corrected chi connectivity index (χ1v) is 11.6. The Labute approximate surface area is 195 Å². The van der Waals surface area contributed by atoms with Crippen LogP contribution in [0.15, 0.2) is 30.3 Å². The van der Waals surface area contributed by atoms with Crippen LogP contribution in [0.5, 0.6) is 17.2 Å². The third kappa shape index (κ3) is 5.78. The van der Waals surface area contributed by atoms with Crippen molar-refractivity contribution in [2.45, 2.75) is 20.8 Å². The lowest BCUT2D eigenvalue weighted by Gasteiger charge is -2.32. The summed E-state index contributed by atoms with van der Waals surface area (Å²) >= 11 is 6.56. The normalized spacial score (nSPS) is 14.2. The maximum absolute atomic E-state index is 13.0. The van der Waals surface area contributed by atoms with Crippen LogP contribution in [0.2, 0.25) is 5.02 Å². The van der Waals surface area contributed by atoms with Gasteiger partial charge < -0.3 is 29.3 Å². The van der Waals surface area contributed by atoms with Gasteiger partial charge in [-0.1, -0.05) is 11.6 Å². The van der Waals surface area contributed by atoms with Crippen LogP contribution >= 0.6 is 11.6 Å². The zero-order valence-electron chi connectivity index (χ0n) is 19.3. The number of hydrogen-bond acceptors (Lipinski definition) is 5. The standard InChI is InChI=1S/C24H32ClN3O4/c1-5-30-21-14-17(15-22(31-6-2)23(21)32-7-3)24(29)26-18-8-9-20(19(25)16-18)28-12-10-27(4)11-13-28/h8-9,14-16H,5-7,10-13H2,1-4H3,(H,26,29)/p+1. The molecular formula is C24H33ClN3O4+. The Morgan fingerprint density at radius 3 is 2.12 bits per heavy atom. The molecule has 7 nitrogen and oxygen atoms in total. The first-order chi connectivity index (χ1) is 15.5. The number of ether oxygens (including phenoxy) is 3. The Balaban J connectivity index is 1.81. The average Bonchev–Trinajstić information content (AvgIpc) is 2.77. The number of piperazine rings is 1. The summed E-state index contributed by atoms with van der Waals surface area (Å²) < 4.78 is 17.1. The summed E-state index contributed by atoms with van der Waals surface area (Å²) in [4.78, 5) is 16.8. The van der Waals surface area contributed by atoms with Gasteiger partial charge in [0, 0.05) is 11.3 Å². The van der Waals surface area contributed by atoms with E-state index in [-0.39, 0.29) is 5.91 Å². The molecule has 0 atom stereocenters. The third-order valence-electron chi connectivity index (χ3n) is 5.33. The first-order valence-electron chi connectivity index (χ1n) is 11.2. The summed E-state index contributed by atoms with van der Waals surface area (Å²) in [6.45, 7) is 11.1. The number of carbonyl (C=O) groups excluding carboxylic acids is 1. The van der Waals surface area contributed by atoms with Gasteiger partial charge in [0.1, 0.15) is 0 Å². The highest BCUT2D eigenvalue weighted by Gasteiger charge is 2.21. The van der Waals surface area contributed by atoms with Crippen molar-refractivity contribution in [3.8, 4) is 17.2 Å². The highest BCUT2D eigenvalue weighted by Crippen LogP contribution is 2.39. The van der Waals surface area contributed by atoms with Crippen molar-refractivity contribution in [2.24, 2.45) is 0 Å². The van der Waals surface area contributed by atoms with Gasteiger partial charge in [0.2, 0.25) is 5.75 Å². The molecule has 1 heterocycles. The van der Waals surface area contributed by atoms with Gasteiger partial charge in [0.05, 0.1) is 63.8 Å². The average molecular weight is 463 g/mol. The first kappa shape index (κ1) is 24.0. The van der Waals surface area contributed by atoms with Crippen LogP contribution in [0.3, 0.4) is 0 Å². The molecule has 3 rings (SSSR count). The number of nitrogens with one attached hydrogen (secondary N) is 2. The maximum Gasteiger partial charge on any atom is 0.255 e. The molecule has 0 bridgehead atoms. The van der Waals surface area contributed by atoms with E-state index in [2.05, 4.69) is 17.3 Å². The minimum Gasteiger partial charge on any atom is -0.490 e. The number of halogens is 1. The summed E-state index contributed by atoms with van der Waals surface area (Å²) in [6.07, 6.45) is 0. The van der Waals surface area contributed by atoms with E-state index in [9.17, 15) is 4.79 Å². The van der Waals surface area contributed by atoms with Crippen LogP contribution in [-0.4, -0.2) is 59.0 Å². The third-order valence-corrected chi connectivity index (χ3v) is 5.64. The molecule has 1 saturated heterocycles. The second-order valence-corrected chi connectivity index (χ2v) is 8.07. The van der Waals surface area contributed by atoms with Crippen molar-refractivity contribution in [1.82, 2.24) is 0 Å². The lowest BCUT2D eigenvalue weighted by Crippen LogP contribution is -3.12. The van der Waals surface area contributed by atoms with E-state index in [0.29, 0.717) is 53.3 Å². The van der Waals surface area contributed by atoms with E-state index < -0.39 is 0 Å². The molecule has 1 fully saturated rings. The molecule has 2 aromatic carbocycles. The fourth-order valence-corrected chi connectivity index (χ4v) is 3.99. The molecule has 0 spiro atoms. The fourth-order valence-electron chi connectivity index (χ4n) is 3.69. The molecule has 8 heteroatoms. The molecule has 2 N–H and O–H groups in total. The van der Waals surface area contributed by atoms with Crippen LogP contribution < -0.4 is 29.3 Å². The molecule has 1 aliphatic heterocycles. The lowest BCUT2D eigenvalue weighted by molar-refractivity contribution is -0.880. The van der Waals surface area contributed by atoms with Gasteiger partial charge in [0.15, 0.2) is 11.5 Å². The van der Waals surface area contributed by atoms with Crippen molar-refractivity contribution in [3.63, 3.8) is 0 Å². The Kier molecular flexibility index (Phi) is 8.47. The molecule has 174 valence electrons. The SMILES string of the molecule is CCOc1cc(C(=O)Nc2ccc(N3CC[NH+](C)CC3)c(Cl)c2)cc(OCC)c1OCC. The number of rotatable bonds is 9. The minimum absolute atomic E-state index is 0.276. The van der Waals surface area contributed by atoms with Gasteiger partial charge >= 0.3 is 0 Å². The minimum atomic E-state index is -0.276. The van der Waals surface area contributed by atoms with Crippen molar-refractivity contribution in [2.75, 3.05) is 63.3 Å². The summed E-state index contributed by atoms with van der Waals surface area (Å²) in [5.41, 5.74) is 2.05. The molecule has 1 aliphatic rings. The highest BCUT2D eigenvalue weighted by molar-refractivity contribution is 6.33. The zero-order valence-corrected chi connectivity index (χ0v) is 20.1. The van der Waals surface area contributed by atoms with E-state index in [1.807, 2.05) is 32.9 Å². The number of anilines is 2. The van der Waals surface area contributed by atoms with Crippen molar-refractivity contribution in [3.05, 3.63) is 40.9 Å². The van der Waals surface area contributed by atoms with Gasteiger partial charge in [0.25, 0.3) is 5.91 Å². The number of quaternary nitrogens is 1. The van der Waals surface area contributed by atoms with E-state index >= 15 is 0 Å². The van der Waals surface area contributed by atoms with Crippen molar-refractivity contribution in [1.29, 1.82) is 0 Å².